The Labute approximate surface area is 176 Å². The van der Waals surface area contributed by atoms with Crippen LogP contribution in [0.2, 0.25) is 0 Å². The summed E-state index contributed by atoms with van der Waals surface area (Å²) >= 11 is 0. The van der Waals surface area contributed by atoms with Crippen molar-refractivity contribution in [1.82, 2.24) is 24.5 Å². The molecule has 0 bridgehead atoms. The number of alkyl halides is 3. The third-order valence-electron chi connectivity index (χ3n) is 6.37. The number of halogens is 3. The molecule has 0 atom stereocenters. The number of aryl methyl sites for hydroxylation is 1. The molecule has 0 unspecified atom stereocenters. The molecule has 0 N–H and O–H groups in total. The third kappa shape index (κ3) is 3.30. The summed E-state index contributed by atoms with van der Waals surface area (Å²) in [5.41, 5.74) is 4.70. The zero-order valence-electron chi connectivity index (χ0n) is 17.1. The van der Waals surface area contributed by atoms with Gasteiger partial charge in [-0.2, -0.15) is 18.3 Å². The highest BCUT2D eigenvalue weighted by Gasteiger charge is 2.36. The predicted octanol–water partition coefficient (Wildman–Crippen LogP) is 3.13. The Hall–Kier alpha value is -3.17. The molecule has 2 aliphatic rings. The molecule has 5 rings (SSSR count). The number of rotatable bonds is 3. The Balaban J connectivity index is 1.23. The Kier molecular flexibility index (Phi) is 4.42. The fourth-order valence-corrected chi connectivity index (χ4v) is 4.48. The maximum Gasteiger partial charge on any atom is 0.433 e. The topological polar surface area (TPSA) is 66.6 Å². The molecule has 10 heteroatoms. The maximum atomic E-state index is 12.9. The first-order chi connectivity index (χ1) is 14.7. The molecule has 162 valence electrons. The smallest absolute Gasteiger partial charge is 0.371 e. The van der Waals surface area contributed by atoms with E-state index >= 15 is 0 Å². The summed E-state index contributed by atoms with van der Waals surface area (Å²) in [5, 5.41) is 4.28. The van der Waals surface area contributed by atoms with Gasteiger partial charge >= 0.3 is 6.18 Å². The van der Waals surface area contributed by atoms with E-state index in [1.54, 1.807) is 6.07 Å². The average molecular weight is 430 g/mol. The molecule has 31 heavy (non-hydrogen) atoms. The Morgan fingerprint density at radius 1 is 1.16 bits per heavy atom. The average Bonchev–Trinajstić information content (AvgIpc) is 3.35. The minimum absolute atomic E-state index is 0.0567. The summed E-state index contributed by atoms with van der Waals surface area (Å²) in [7, 11) is 0. The number of aromatic nitrogens is 4. The third-order valence-corrected chi connectivity index (χ3v) is 6.37. The van der Waals surface area contributed by atoms with E-state index in [1.807, 2.05) is 28.2 Å². The van der Waals surface area contributed by atoms with Gasteiger partial charge in [-0.05, 0) is 37.1 Å². The lowest BCUT2D eigenvalue weighted by molar-refractivity contribution is -0.141. The number of anilines is 1. The van der Waals surface area contributed by atoms with Crippen LogP contribution in [0.15, 0.2) is 24.7 Å². The highest BCUT2D eigenvalue weighted by atomic mass is 19.4. The second kappa shape index (κ2) is 6.93. The van der Waals surface area contributed by atoms with Crippen molar-refractivity contribution in [2.24, 2.45) is 5.92 Å². The van der Waals surface area contributed by atoms with E-state index in [1.165, 1.54) is 12.5 Å². The lowest BCUT2D eigenvalue weighted by Gasteiger charge is -2.41. The van der Waals surface area contributed by atoms with Gasteiger partial charge in [0.25, 0.3) is 0 Å². The molecule has 2 aliphatic heterocycles. The summed E-state index contributed by atoms with van der Waals surface area (Å²) in [6.45, 7) is 6.21. The van der Waals surface area contributed by atoms with Gasteiger partial charge in [-0.1, -0.05) is 0 Å². The van der Waals surface area contributed by atoms with Gasteiger partial charge in [0, 0.05) is 55.1 Å². The van der Waals surface area contributed by atoms with Crippen molar-refractivity contribution in [3.05, 3.63) is 52.7 Å². The number of amides is 1. The molecular formula is C21H21F3N6O. The van der Waals surface area contributed by atoms with Crippen LogP contribution in [0.5, 0.6) is 0 Å². The molecule has 0 spiro atoms. The fourth-order valence-electron chi connectivity index (χ4n) is 4.48. The van der Waals surface area contributed by atoms with Gasteiger partial charge in [0.2, 0.25) is 5.91 Å². The zero-order valence-corrected chi connectivity index (χ0v) is 17.1. The van der Waals surface area contributed by atoms with Crippen LogP contribution >= 0.6 is 0 Å². The van der Waals surface area contributed by atoms with E-state index < -0.39 is 11.9 Å². The Bertz CT molecular complexity index is 1180. The van der Waals surface area contributed by atoms with Crippen LogP contribution in [0.4, 0.5) is 18.9 Å². The SMILES string of the molecule is Cc1c2c(c3ncnn3c1C)CN(C(=O)CC1CN(c3ccnc(C(F)(F)F)c3)C1)C2. The fraction of sp³-hybridized carbons (Fsp3) is 0.429. The number of nitrogens with zero attached hydrogens (tertiary/aromatic N) is 6. The molecule has 0 saturated carbocycles. The maximum absolute atomic E-state index is 12.9. The quantitative estimate of drug-likeness (QED) is 0.639. The monoisotopic (exact) mass is 430 g/mol. The molecule has 0 aromatic carbocycles. The molecule has 0 aliphatic carbocycles. The van der Waals surface area contributed by atoms with Crippen LogP contribution < -0.4 is 4.90 Å². The zero-order chi connectivity index (χ0) is 21.9. The molecule has 1 amide bonds. The van der Waals surface area contributed by atoms with Crippen LogP contribution in [0.25, 0.3) is 5.65 Å². The second-order valence-electron chi connectivity index (χ2n) is 8.28. The van der Waals surface area contributed by atoms with Crippen molar-refractivity contribution in [2.75, 3.05) is 18.0 Å². The normalized spacial score (nSPS) is 16.7. The molecule has 5 heterocycles. The van der Waals surface area contributed by atoms with Crippen molar-refractivity contribution < 1.29 is 18.0 Å². The molecule has 0 radical (unpaired) electrons. The summed E-state index contributed by atoms with van der Waals surface area (Å²) in [6, 6.07) is 2.63. The van der Waals surface area contributed by atoms with Crippen molar-refractivity contribution in [1.29, 1.82) is 0 Å². The van der Waals surface area contributed by atoms with Gasteiger partial charge in [-0.25, -0.2) is 9.50 Å². The molecule has 7 nitrogen and oxygen atoms in total. The van der Waals surface area contributed by atoms with E-state index in [-0.39, 0.29) is 11.8 Å². The van der Waals surface area contributed by atoms with Gasteiger partial charge in [0.05, 0.1) is 6.54 Å². The number of carbonyl (C=O) groups excluding carboxylic acids is 1. The summed E-state index contributed by atoms with van der Waals surface area (Å²) in [6.07, 6.45) is -1.39. The van der Waals surface area contributed by atoms with Crippen molar-refractivity contribution in [3.63, 3.8) is 0 Å². The second-order valence-corrected chi connectivity index (χ2v) is 8.28. The van der Waals surface area contributed by atoms with E-state index in [4.69, 9.17) is 0 Å². The van der Waals surface area contributed by atoms with Crippen molar-refractivity contribution in [3.8, 4) is 0 Å². The van der Waals surface area contributed by atoms with Crippen LogP contribution in [-0.2, 0) is 24.1 Å². The molecule has 1 saturated heterocycles. The lowest BCUT2D eigenvalue weighted by Crippen LogP contribution is -2.48. The van der Waals surface area contributed by atoms with E-state index in [0.29, 0.717) is 38.3 Å². The highest BCUT2D eigenvalue weighted by molar-refractivity contribution is 5.78. The first-order valence-corrected chi connectivity index (χ1v) is 10.1. The predicted molar refractivity (Wildman–Crippen MR) is 106 cm³/mol. The van der Waals surface area contributed by atoms with E-state index in [0.717, 1.165) is 34.1 Å². The lowest BCUT2D eigenvalue weighted by atomic mass is 9.95. The summed E-state index contributed by atoms with van der Waals surface area (Å²) < 4.78 is 40.4. The van der Waals surface area contributed by atoms with Crippen molar-refractivity contribution in [2.45, 2.75) is 39.5 Å². The number of carbonyl (C=O) groups is 1. The highest BCUT2D eigenvalue weighted by Crippen LogP contribution is 2.34. The van der Waals surface area contributed by atoms with Gasteiger partial charge < -0.3 is 9.80 Å². The van der Waals surface area contributed by atoms with Gasteiger partial charge in [0.15, 0.2) is 5.65 Å². The Morgan fingerprint density at radius 3 is 2.65 bits per heavy atom. The Morgan fingerprint density at radius 2 is 1.90 bits per heavy atom. The first-order valence-electron chi connectivity index (χ1n) is 10.1. The van der Waals surface area contributed by atoms with Crippen LogP contribution in [0.3, 0.4) is 0 Å². The van der Waals surface area contributed by atoms with Gasteiger partial charge in [0.1, 0.15) is 12.0 Å². The molecular weight excluding hydrogens is 409 g/mol. The van der Waals surface area contributed by atoms with E-state index in [2.05, 4.69) is 15.1 Å². The van der Waals surface area contributed by atoms with Gasteiger partial charge in [-0.15, -0.1) is 0 Å². The van der Waals surface area contributed by atoms with Crippen LogP contribution in [0, 0.1) is 19.8 Å². The number of fused-ring (bicyclic) bond motifs is 3. The largest absolute Gasteiger partial charge is 0.433 e. The summed E-state index contributed by atoms with van der Waals surface area (Å²) in [4.78, 5) is 24.4. The number of pyridine rings is 2. The van der Waals surface area contributed by atoms with E-state index in [9.17, 15) is 18.0 Å². The van der Waals surface area contributed by atoms with Crippen LogP contribution in [0.1, 0.15) is 34.5 Å². The minimum Gasteiger partial charge on any atom is -0.371 e. The molecule has 3 aromatic rings. The van der Waals surface area contributed by atoms with Gasteiger partial charge in [-0.3, -0.25) is 9.78 Å². The minimum atomic E-state index is -4.47. The number of hydrogen-bond acceptors (Lipinski definition) is 5. The molecule has 3 aromatic heterocycles. The van der Waals surface area contributed by atoms with Crippen LogP contribution in [-0.4, -0.2) is 43.5 Å². The number of hydrogen-bond donors (Lipinski definition) is 0. The standard InChI is InChI=1S/C21H21F3N6O/c1-12-13(2)30-20(26-11-27-30)17-10-29(9-16(12)17)19(31)5-14-7-28(8-14)15-3-4-25-18(6-15)21(22,23)24/h3-4,6,11,14H,5,7-10H2,1-2H3. The van der Waals surface area contributed by atoms with Crippen molar-refractivity contribution >= 4 is 17.2 Å². The summed E-state index contributed by atoms with van der Waals surface area (Å²) in [5.74, 6) is 0.177. The first kappa shape index (κ1) is 19.8. The molecule has 1 fully saturated rings.